The van der Waals surface area contributed by atoms with Crippen LogP contribution >= 0.6 is 27.3 Å². The van der Waals surface area contributed by atoms with Crippen LogP contribution in [-0.4, -0.2) is 41.8 Å². The Balaban J connectivity index is 1.77. The highest BCUT2D eigenvalue weighted by Gasteiger charge is 2.19. The zero-order valence-corrected chi connectivity index (χ0v) is 10.4. The maximum Gasteiger partial charge on any atom is 0.206 e. The topological polar surface area (TPSA) is 41.0 Å². The van der Waals surface area contributed by atoms with Crippen LogP contribution in [0.1, 0.15) is 6.42 Å². The third-order valence-electron chi connectivity index (χ3n) is 2.43. The largest absolute Gasteiger partial charge is 0.360 e. The van der Waals surface area contributed by atoms with Crippen LogP contribution in [0.3, 0.4) is 0 Å². The summed E-state index contributed by atoms with van der Waals surface area (Å²) in [6, 6.07) is 0. The summed E-state index contributed by atoms with van der Waals surface area (Å²) >= 11 is 4.83. The average molecular weight is 277 g/mol. The Labute approximate surface area is 95.8 Å². The van der Waals surface area contributed by atoms with E-state index >= 15 is 0 Å². The highest BCUT2D eigenvalue weighted by Crippen LogP contribution is 2.21. The Hall–Kier alpha value is -0.200. The second kappa shape index (κ2) is 4.55. The number of likely N-dealkylation sites (tertiary alicyclic amines) is 1. The van der Waals surface area contributed by atoms with Gasteiger partial charge in [0.05, 0.1) is 0 Å². The SMILES string of the molecule is CN1CCC(CNc2nnc(Br)s2)C1. The van der Waals surface area contributed by atoms with Gasteiger partial charge in [0.1, 0.15) is 0 Å². The van der Waals surface area contributed by atoms with Gasteiger partial charge in [0, 0.05) is 13.1 Å². The zero-order valence-electron chi connectivity index (χ0n) is 8.03. The van der Waals surface area contributed by atoms with Crippen molar-refractivity contribution in [1.82, 2.24) is 15.1 Å². The summed E-state index contributed by atoms with van der Waals surface area (Å²) in [5.41, 5.74) is 0. The summed E-state index contributed by atoms with van der Waals surface area (Å²) in [6.07, 6.45) is 1.28. The number of rotatable bonds is 3. The molecule has 0 saturated carbocycles. The second-order valence-electron chi connectivity index (χ2n) is 3.66. The molecule has 1 aliphatic rings. The maximum absolute atomic E-state index is 3.99. The summed E-state index contributed by atoms with van der Waals surface area (Å²) < 4.78 is 0.837. The summed E-state index contributed by atoms with van der Waals surface area (Å²) in [5, 5.41) is 12.1. The standard InChI is InChI=1S/C8H13BrN4S/c1-13-3-2-6(5-13)4-10-8-12-11-7(9)14-8/h6H,2-5H2,1H3,(H,10,12). The number of aromatic nitrogens is 2. The molecule has 0 amide bonds. The molecule has 2 heterocycles. The molecule has 0 bridgehead atoms. The van der Waals surface area contributed by atoms with Crippen molar-refractivity contribution in [2.45, 2.75) is 6.42 Å². The number of halogens is 1. The predicted octanol–water partition coefficient (Wildman–Crippen LogP) is 1.66. The molecule has 4 nitrogen and oxygen atoms in total. The Bertz CT molecular complexity index is 303. The van der Waals surface area contributed by atoms with Crippen LogP contribution < -0.4 is 5.32 Å². The van der Waals surface area contributed by atoms with E-state index in [1.165, 1.54) is 19.5 Å². The summed E-state index contributed by atoms with van der Waals surface area (Å²) in [4.78, 5) is 2.36. The van der Waals surface area contributed by atoms with Crippen molar-refractivity contribution in [2.24, 2.45) is 5.92 Å². The summed E-state index contributed by atoms with van der Waals surface area (Å²) in [7, 11) is 2.17. The second-order valence-corrected chi connectivity index (χ2v) is 5.91. The van der Waals surface area contributed by atoms with Crippen molar-refractivity contribution < 1.29 is 0 Å². The van der Waals surface area contributed by atoms with Gasteiger partial charge < -0.3 is 10.2 Å². The molecule has 1 fully saturated rings. The van der Waals surface area contributed by atoms with Gasteiger partial charge in [-0.25, -0.2) is 0 Å². The molecule has 1 aromatic rings. The normalized spacial score (nSPS) is 22.9. The van der Waals surface area contributed by atoms with Crippen LogP contribution in [-0.2, 0) is 0 Å². The average Bonchev–Trinajstić information content (AvgIpc) is 2.72. The van der Waals surface area contributed by atoms with E-state index in [1.807, 2.05) is 0 Å². The van der Waals surface area contributed by atoms with Gasteiger partial charge in [0.25, 0.3) is 0 Å². The molecule has 2 rings (SSSR count). The minimum Gasteiger partial charge on any atom is -0.360 e. The maximum atomic E-state index is 3.99. The lowest BCUT2D eigenvalue weighted by Crippen LogP contribution is -2.19. The van der Waals surface area contributed by atoms with Gasteiger partial charge in [-0.15, -0.1) is 10.2 Å². The quantitative estimate of drug-likeness (QED) is 0.912. The molecule has 1 aromatic heterocycles. The van der Waals surface area contributed by atoms with Crippen molar-refractivity contribution >= 4 is 32.4 Å². The number of anilines is 1. The van der Waals surface area contributed by atoms with Crippen molar-refractivity contribution in [3.63, 3.8) is 0 Å². The molecule has 0 spiro atoms. The highest BCUT2D eigenvalue weighted by atomic mass is 79.9. The summed E-state index contributed by atoms with van der Waals surface area (Å²) in [6.45, 7) is 3.41. The van der Waals surface area contributed by atoms with Crippen LogP contribution in [0, 0.1) is 5.92 Å². The fourth-order valence-electron chi connectivity index (χ4n) is 1.70. The summed E-state index contributed by atoms with van der Waals surface area (Å²) in [5.74, 6) is 0.752. The number of hydrogen-bond acceptors (Lipinski definition) is 5. The molecular formula is C8H13BrN4S. The van der Waals surface area contributed by atoms with E-state index in [0.29, 0.717) is 0 Å². The molecule has 0 aromatic carbocycles. The van der Waals surface area contributed by atoms with Crippen molar-refractivity contribution in [2.75, 3.05) is 32.0 Å². The molecule has 1 N–H and O–H groups in total. The first-order valence-corrected chi connectivity index (χ1v) is 6.26. The number of nitrogens with one attached hydrogen (secondary N) is 1. The molecule has 1 aliphatic heterocycles. The van der Waals surface area contributed by atoms with E-state index in [0.717, 1.165) is 21.5 Å². The molecule has 6 heteroatoms. The molecule has 1 atom stereocenters. The third kappa shape index (κ3) is 2.65. The van der Waals surface area contributed by atoms with Crippen molar-refractivity contribution in [3.05, 3.63) is 3.92 Å². The monoisotopic (exact) mass is 276 g/mol. The van der Waals surface area contributed by atoms with Crippen molar-refractivity contribution in [1.29, 1.82) is 0 Å². The van der Waals surface area contributed by atoms with Gasteiger partial charge in [0.15, 0.2) is 3.92 Å². The predicted molar refractivity (Wildman–Crippen MR) is 61.7 cm³/mol. The first-order chi connectivity index (χ1) is 6.74. The molecule has 1 saturated heterocycles. The van der Waals surface area contributed by atoms with Gasteiger partial charge in [-0.1, -0.05) is 11.3 Å². The minimum atomic E-state index is 0.752. The molecular weight excluding hydrogens is 264 g/mol. The molecule has 78 valence electrons. The first-order valence-electron chi connectivity index (χ1n) is 4.65. The third-order valence-corrected chi connectivity index (χ3v) is 3.74. The highest BCUT2D eigenvalue weighted by molar-refractivity contribution is 9.11. The Morgan fingerprint density at radius 3 is 3.07 bits per heavy atom. The van der Waals surface area contributed by atoms with Gasteiger partial charge >= 0.3 is 0 Å². The van der Waals surface area contributed by atoms with E-state index in [9.17, 15) is 0 Å². The van der Waals surface area contributed by atoms with Crippen LogP contribution in [0.4, 0.5) is 5.13 Å². The lowest BCUT2D eigenvalue weighted by atomic mass is 10.1. The van der Waals surface area contributed by atoms with Crippen LogP contribution in [0.2, 0.25) is 0 Å². The fraction of sp³-hybridized carbons (Fsp3) is 0.750. The smallest absolute Gasteiger partial charge is 0.206 e. The van der Waals surface area contributed by atoms with Gasteiger partial charge in [-0.2, -0.15) is 0 Å². The fourth-order valence-corrected chi connectivity index (χ4v) is 2.72. The molecule has 0 aliphatic carbocycles. The minimum absolute atomic E-state index is 0.752. The van der Waals surface area contributed by atoms with Crippen LogP contribution in [0.15, 0.2) is 3.92 Å². The molecule has 0 radical (unpaired) electrons. The molecule has 1 unspecified atom stereocenters. The lowest BCUT2D eigenvalue weighted by molar-refractivity contribution is 0.399. The van der Waals surface area contributed by atoms with E-state index in [-0.39, 0.29) is 0 Å². The van der Waals surface area contributed by atoms with E-state index < -0.39 is 0 Å². The Kier molecular flexibility index (Phi) is 3.35. The van der Waals surface area contributed by atoms with Crippen molar-refractivity contribution in [3.8, 4) is 0 Å². The number of hydrogen-bond donors (Lipinski definition) is 1. The van der Waals surface area contributed by atoms with E-state index in [4.69, 9.17) is 0 Å². The lowest BCUT2D eigenvalue weighted by Gasteiger charge is -2.10. The van der Waals surface area contributed by atoms with Gasteiger partial charge in [0.2, 0.25) is 5.13 Å². The zero-order chi connectivity index (χ0) is 9.97. The van der Waals surface area contributed by atoms with Crippen LogP contribution in [0.5, 0.6) is 0 Å². The van der Waals surface area contributed by atoms with Gasteiger partial charge in [-0.3, -0.25) is 0 Å². The Morgan fingerprint density at radius 1 is 1.64 bits per heavy atom. The van der Waals surface area contributed by atoms with Gasteiger partial charge in [-0.05, 0) is 41.9 Å². The van der Waals surface area contributed by atoms with E-state index in [2.05, 4.69) is 43.4 Å². The molecule has 14 heavy (non-hydrogen) atoms. The Morgan fingerprint density at radius 2 is 2.50 bits per heavy atom. The van der Waals surface area contributed by atoms with Crippen LogP contribution in [0.25, 0.3) is 0 Å². The van der Waals surface area contributed by atoms with E-state index in [1.54, 1.807) is 11.3 Å². The first kappa shape index (κ1) is 10.3. The number of nitrogens with zero attached hydrogens (tertiary/aromatic N) is 3.